The average Bonchev–Trinajstić information content (AvgIpc) is 2.76. The lowest BCUT2D eigenvalue weighted by molar-refractivity contribution is 0.0450. The molecule has 3 aromatic rings. The third kappa shape index (κ3) is 5.81. The Kier molecular flexibility index (Phi) is 7.40. The van der Waals surface area contributed by atoms with Gasteiger partial charge in [-0.2, -0.15) is 0 Å². The van der Waals surface area contributed by atoms with Gasteiger partial charge in [0.25, 0.3) is 0 Å². The van der Waals surface area contributed by atoms with Crippen molar-refractivity contribution in [3.63, 3.8) is 0 Å². The molecule has 0 atom stereocenters. The third-order valence-corrected chi connectivity index (χ3v) is 4.45. The molecule has 0 bridgehead atoms. The van der Waals surface area contributed by atoms with Crippen molar-refractivity contribution in [1.29, 1.82) is 0 Å². The summed E-state index contributed by atoms with van der Waals surface area (Å²) in [4.78, 5) is 23.3. The number of fused-ring (bicyclic) bond motifs is 1. The SMILES string of the molecule is COCCOc1ccc2cc(OCCOC(=O)c3ccc(C(C)=O)cc3)ccc2c1. The van der Waals surface area contributed by atoms with Gasteiger partial charge in [-0.1, -0.05) is 24.3 Å². The predicted molar refractivity (Wildman–Crippen MR) is 114 cm³/mol. The molecule has 0 N–H and O–H groups in total. The van der Waals surface area contributed by atoms with Gasteiger partial charge < -0.3 is 18.9 Å². The molecule has 0 saturated heterocycles. The summed E-state index contributed by atoms with van der Waals surface area (Å²) in [5.41, 5.74) is 0.953. The van der Waals surface area contributed by atoms with Crippen molar-refractivity contribution in [2.24, 2.45) is 0 Å². The molecule has 156 valence electrons. The highest BCUT2D eigenvalue weighted by atomic mass is 16.6. The van der Waals surface area contributed by atoms with Crippen LogP contribution in [0.2, 0.25) is 0 Å². The van der Waals surface area contributed by atoms with Gasteiger partial charge >= 0.3 is 5.97 Å². The van der Waals surface area contributed by atoms with E-state index in [0.717, 1.165) is 16.5 Å². The summed E-state index contributed by atoms with van der Waals surface area (Å²) in [6.45, 7) is 2.88. The van der Waals surface area contributed by atoms with Crippen LogP contribution in [0, 0.1) is 0 Å². The van der Waals surface area contributed by atoms with E-state index in [1.54, 1.807) is 31.4 Å². The highest BCUT2D eigenvalue weighted by molar-refractivity contribution is 5.96. The molecule has 0 saturated carbocycles. The van der Waals surface area contributed by atoms with Crippen molar-refractivity contribution in [1.82, 2.24) is 0 Å². The summed E-state index contributed by atoms with van der Waals surface area (Å²) in [5, 5.41) is 2.06. The summed E-state index contributed by atoms with van der Waals surface area (Å²) in [6, 6.07) is 18.0. The van der Waals surface area contributed by atoms with Crippen molar-refractivity contribution in [2.75, 3.05) is 33.5 Å². The quantitative estimate of drug-likeness (QED) is 0.283. The zero-order valence-corrected chi connectivity index (χ0v) is 17.1. The van der Waals surface area contributed by atoms with E-state index in [1.807, 2.05) is 36.4 Å². The molecule has 0 spiro atoms. The summed E-state index contributed by atoms with van der Waals surface area (Å²) in [6.07, 6.45) is 0. The fourth-order valence-corrected chi connectivity index (χ4v) is 2.84. The monoisotopic (exact) mass is 408 g/mol. The van der Waals surface area contributed by atoms with E-state index in [-0.39, 0.29) is 19.0 Å². The highest BCUT2D eigenvalue weighted by Gasteiger charge is 2.08. The minimum atomic E-state index is -0.451. The van der Waals surface area contributed by atoms with Crippen LogP contribution in [0.4, 0.5) is 0 Å². The molecular formula is C24H24O6. The van der Waals surface area contributed by atoms with Crippen LogP contribution in [-0.4, -0.2) is 45.3 Å². The first kappa shape index (κ1) is 21.3. The van der Waals surface area contributed by atoms with E-state index in [0.29, 0.717) is 30.1 Å². The standard InChI is InChI=1S/C24H24O6/c1-17(25)18-3-5-19(6-4-18)24(26)30-14-13-29-23-10-8-20-15-22(28-12-11-27-2)9-7-21(20)16-23/h3-10,15-16H,11-14H2,1-2H3. The number of ether oxygens (including phenoxy) is 4. The summed E-state index contributed by atoms with van der Waals surface area (Å²) in [7, 11) is 1.64. The molecule has 0 fully saturated rings. The molecule has 0 unspecified atom stereocenters. The van der Waals surface area contributed by atoms with Gasteiger partial charge in [0, 0.05) is 12.7 Å². The molecule has 0 aliphatic rings. The molecule has 3 aromatic carbocycles. The molecule has 0 aromatic heterocycles. The number of hydrogen-bond acceptors (Lipinski definition) is 6. The Balaban J connectivity index is 1.48. The van der Waals surface area contributed by atoms with Crippen LogP contribution in [0.3, 0.4) is 0 Å². The number of carbonyl (C=O) groups excluding carboxylic acids is 2. The van der Waals surface area contributed by atoms with E-state index in [2.05, 4.69) is 0 Å². The Morgan fingerprint density at radius 3 is 1.77 bits per heavy atom. The molecule has 3 rings (SSSR count). The lowest BCUT2D eigenvalue weighted by Gasteiger charge is -2.10. The van der Waals surface area contributed by atoms with Crippen LogP contribution in [0.5, 0.6) is 11.5 Å². The number of ketones is 1. The molecule has 6 nitrogen and oxygen atoms in total. The van der Waals surface area contributed by atoms with Gasteiger partial charge in [0.05, 0.1) is 12.2 Å². The number of hydrogen-bond donors (Lipinski definition) is 0. The van der Waals surface area contributed by atoms with E-state index in [1.165, 1.54) is 6.92 Å². The Morgan fingerprint density at radius 1 is 0.700 bits per heavy atom. The van der Waals surface area contributed by atoms with E-state index >= 15 is 0 Å². The Morgan fingerprint density at radius 2 is 1.23 bits per heavy atom. The van der Waals surface area contributed by atoms with Crippen LogP contribution in [0.25, 0.3) is 10.8 Å². The molecule has 30 heavy (non-hydrogen) atoms. The molecule has 0 heterocycles. The summed E-state index contributed by atoms with van der Waals surface area (Å²) < 4.78 is 21.5. The van der Waals surface area contributed by atoms with E-state index in [4.69, 9.17) is 18.9 Å². The lowest BCUT2D eigenvalue weighted by Crippen LogP contribution is -2.12. The predicted octanol–water partition coefficient (Wildman–Crippen LogP) is 4.30. The highest BCUT2D eigenvalue weighted by Crippen LogP contribution is 2.25. The van der Waals surface area contributed by atoms with Gasteiger partial charge in [0.2, 0.25) is 0 Å². The van der Waals surface area contributed by atoms with Crippen molar-refractivity contribution >= 4 is 22.5 Å². The number of benzene rings is 3. The Bertz CT molecular complexity index is 1010. The van der Waals surface area contributed by atoms with Gasteiger partial charge in [-0.25, -0.2) is 4.79 Å². The number of Topliss-reactive ketones (excluding diaryl/α,β-unsaturated/α-hetero) is 1. The van der Waals surface area contributed by atoms with Gasteiger partial charge in [-0.15, -0.1) is 0 Å². The number of rotatable bonds is 10. The maximum atomic E-state index is 12.1. The number of carbonyl (C=O) groups is 2. The smallest absolute Gasteiger partial charge is 0.338 e. The van der Waals surface area contributed by atoms with Crippen LogP contribution in [-0.2, 0) is 9.47 Å². The van der Waals surface area contributed by atoms with Gasteiger partial charge in [-0.05, 0) is 54.1 Å². The van der Waals surface area contributed by atoms with Crippen LogP contribution in [0.1, 0.15) is 27.6 Å². The second kappa shape index (κ2) is 10.4. The molecule has 6 heteroatoms. The molecule has 0 aliphatic heterocycles. The van der Waals surface area contributed by atoms with Crippen LogP contribution < -0.4 is 9.47 Å². The van der Waals surface area contributed by atoms with Crippen molar-refractivity contribution in [2.45, 2.75) is 6.92 Å². The lowest BCUT2D eigenvalue weighted by atomic mass is 10.1. The summed E-state index contributed by atoms with van der Waals surface area (Å²) >= 11 is 0. The number of esters is 1. The van der Waals surface area contributed by atoms with Crippen molar-refractivity contribution < 1.29 is 28.5 Å². The topological polar surface area (TPSA) is 71.1 Å². The minimum Gasteiger partial charge on any atom is -0.491 e. The fraction of sp³-hybridized carbons (Fsp3) is 0.250. The van der Waals surface area contributed by atoms with E-state index < -0.39 is 5.97 Å². The molecule has 0 amide bonds. The molecule has 0 aliphatic carbocycles. The zero-order valence-electron chi connectivity index (χ0n) is 17.1. The normalized spacial score (nSPS) is 10.6. The van der Waals surface area contributed by atoms with Crippen LogP contribution in [0.15, 0.2) is 60.7 Å². The second-order valence-electron chi connectivity index (χ2n) is 6.63. The van der Waals surface area contributed by atoms with Gasteiger partial charge in [0.1, 0.15) is 31.3 Å². The first-order valence-electron chi connectivity index (χ1n) is 9.63. The Labute approximate surface area is 175 Å². The minimum absolute atomic E-state index is 0.0476. The van der Waals surface area contributed by atoms with Crippen molar-refractivity contribution in [3.8, 4) is 11.5 Å². The fourth-order valence-electron chi connectivity index (χ4n) is 2.84. The largest absolute Gasteiger partial charge is 0.491 e. The molecule has 0 radical (unpaired) electrons. The number of methoxy groups -OCH3 is 1. The maximum Gasteiger partial charge on any atom is 0.338 e. The summed E-state index contributed by atoms with van der Waals surface area (Å²) in [5.74, 6) is 0.982. The first-order valence-corrected chi connectivity index (χ1v) is 9.63. The first-order chi connectivity index (χ1) is 14.6. The average molecular weight is 408 g/mol. The Hall–Kier alpha value is -3.38. The zero-order chi connectivity index (χ0) is 21.3. The second-order valence-corrected chi connectivity index (χ2v) is 6.63. The maximum absolute atomic E-state index is 12.1. The van der Waals surface area contributed by atoms with E-state index in [9.17, 15) is 9.59 Å². The molecular weight excluding hydrogens is 384 g/mol. The van der Waals surface area contributed by atoms with Gasteiger partial charge in [0.15, 0.2) is 5.78 Å². The van der Waals surface area contributed by atoms with Gasteiger partial charge in [-0.3, -0.25) is 4.79 Å². The third-order valence-electron chi connectivity index (χ3n) is 4.45. The van der Waals surface area contributed by atoms with Crippen LogP contribution >= 0.6 is 0 Å². The van der Waals surface area contributed by atoms with Crippen molar-refractivity contribution in [3.05, 3.63) is 71.8 Å².